The van der Waals surface area contributed by atoms with Gasteiger partial charge in [0.05, 0.1) is 5.92 Å². The zero-order valence-electron chi connectivity index (χ0n) is 12.6. The SMILES string of the molecule is Cc1ccc(C2C(C#N)=C(N)Oc3cccc4[nH]cc2c34)cc1. The molecule has 4 heteroatoms. The van der Waals surface area contributed by atoms with Crippen LogP contribution in [0.4, 0.5) is 0 Å². The van der Waals surface area contributed by atoms with E-state index in [1.165, 1.54) is 5.56 Å². The summed E-state index contributed by atoms with van der Waals surface area (Å²) in [6.07, 6.45) is 1.94. The van der Waals surface area contributed by atoms with Crippen molar-refractivity contribution >= 4 is 10.9 Å². The van der Waals surface area contributed by atoms with Crippen LogP contribution >= 0.6 is 0 Å². The number of aryl methyl sites for hydroxylation is 1. The van der Waals surface area contributed by atoms with E-state index < -0.39 is 0 Å². The highest BCUT2D eigenvalue weighted by Crippen LogP contribution is 2.43. The van der Waals surface area contributed by atoms with E-state index in [0.717, 1.165) is 22.0 Å². The summed E-state index contributed by atoms with van der Waals surface area (Å²) in [5.74, 6) is 0.610. The van der Waals surface area contributed by atoms with Gasteiger partial charge in [0.15, 0.2) is 0 Å². The minimum Gasteiger partial charge on any atom is -0.440 e. The molecule has 0 aliphatic carbocycles. The Labute approximate surface area is 133 Å². The molecule has 2 aromatic carbocycles. The molecule has 3 N–H and O–H groups in total. The molecule has 0 radical (unpaired) electrons. The summed E-state index contributed by atoms with van der Waals surface area (Å²) in [5.41, 5.74) is 10.7. The summed E-state index contributed by atoms with van der Waals surface area (Å²) in [7, 11) is 0. The van der Waals surface area contributed by atoms with Gasteiger partial charge in [0, 0.05) is 17.1 Å². The smallest absolute Gasteiger partial charge is 0.205 e. The molecule has 112 valence electrons. The number of H-pyrrole nitrogens is 1. The molecule has 0 bridgehead atoms. The maximum atomic E-state index is 9.67. The van der Waals surface area contributed by atoms with E-state index in [0.29, 0.717) is 11.3 Å². The van der Waals surface area contributed by atoms with E-state index in [-0.39, 0.29) is 11.8 Å². The number of benzene rings is 2. The van der Waals surface area contributed by atoms with Crippen LogP contribution in [-0.4, -0.2) is 4.98 Å². The lowest BCUT2D eigenvalue weighted by Crippen LogP contribution is -2.13. The van der Waals surface area contributed by atoms with Gasteiger partial charge in [-0.15, -0.1) is 0 Å². The number of ether oxygens (including phenoxy) is 1. The number of allylic oxidation sites excluding steroid dienone is 1. The highest BCUT2D eigenvalue weighted by atomic mass is 16.5. The number of aromatic nitrogens is 1. The van der Waals surface area contributed by atoms with E-state index in [4.69, 9.17) is 10.5 Å². The molecule has 1 aliphatic heterocycles. The molecule has 0 spiro atoms. The van der Waals surface area contributed by atoms with Crippen molar-refractivity contribution in [2.75, 3.05) is 0 Å². The van der Waals surface area contributed by atoms with Crippen molar-refractivity contribution in [1.82, 2.24) is 4.98 Å². The Bertz CT molecular complexity index is 974. The third-order valence-electron chi connectivity index (χ3n) is 4.31. The fraction of sp³-hybridized carbons (Fsp3) is 0.105. The van der Waals surface area contributed by atoms with Crippen LogP contribution in [0.5, 0.6) is 5.75 Å². The Kier molecular flexibility index (Phi) is 2.88. The number of hydrogen-bond donors (Lipinski definition) is 2. The van der Waals surface area contributed by atoms with Crippen LogP contribution < -0.4 is 10.5 Å². The van der Waals surface area contributed by atoms with Crippen molar-refractivity contribution in [1.29, 1.82) is 5.26 Å². The summed E-state index contributed by atoms with van der Waals surface area (Å²) in [5, 5.41) is 10.6. The van der Waals surface area contributed by atoms with Crippen LogP contribution in [-0.2, 0) is 0 Å². The van der Waals surface area contributed by atoms with Gasteiger partial charge in [0.1, 0.15) is 17.4 Å². The normalized spacial score (nSPS) is 16.8. The molecule has 2 heterocycles. The molecular formula is C19H15N3O. The molecule has 0 saturated heterocycles. The Morgan fingerprint density at radius 1 is 1.17 bits per heavy atom. The Morgan fingerprint density at radius 2 is 1.96 bits per heavy atom. The van der Waals surface area contributed by atoms with Crippen LogP contribution in [0.1, 0.15) is 22.6 Å². The molecule has 1 aliphatic rings. The first-order valence-corrected chi connectivity index (χ1v) is 7.43. The number of nitrogens with zero attached hydrogens (tertiary/aromatic N) is 1. The lowest BCUT2D eigenvalue weighted by molar-refractivity contribution is 0.420. The number of aromatic amines is 1. The van der Waals surface area contributed by atoms with Crippen LogP contribution in [0.25, 0.3) is 10.9 Å². The molecule has 4 rings (SSSR count). The van der Waals surface area contributed by atoms with Crippen LogP contribution in [0.2, 0.25) is 0 Å². The molecule has 1 unspecified atom stereocenters. The van der Waals surface area contributed by atoms with E-state index in [1.54, 1.807) is 0 Å². The van der Waals surface area contributed by atoms with Gasteiger partial charge in [-0.05, 0) is 30.2 Å². The average molecular weight is 301 g/mol. The largest absolute Gasteiger partial charge is 0.440 e. The minimum atomic E-state index is -0.238. The van der Waals surface area contributed by atoms with Crippen molar-refractivity contribution in [3.05, 3.63) is 76.8 Å². The lowest BCUT2D eigenvalue weighted by atomic mass is 9.85. The summed E-state index contributed by atoms with van der Waals surface area (Å²) in [6.45, 7) is 2.04. The summed E-state index contributed by atoms with van der Waals surface area (Å²) in [4.78, 5) is 3.27. The summed E-state index contributed by atoms with van der Waals surface area (Å²) in [6, 6.07) is 16.2. The van der Waals surface area contributed by atoms with Gasteiger partial charge in [0.25, 0.3) is 0 Å². The second-order valence-corrected chi connectivity index (χ2v) is 5.76. The first-order chi connectivity index (χ1) is 11.2. The van der Waals surface area contributed by atoms with Crippen LogP contribution in [0.3, 0.4) is 0 Å². The number of nitrogens with one attached hydrogen (secondary N) is 1. The van der Waals surface area contributed by atoms with E-state index in [9.17, 15) is 5.26 Å². The van der Waals surface area contributed by atoms with Crippen molar-refractivity contribution in [3.8, 4) is 11.8 Å². The highest BCUT2D eigenvalue weighted by molar-refractivity contribution is 5.91. The molecular weight excluding hydrogens is 286 g/mol. The topological polar surface area (TPSA) is 74.8 Å². The van der Waals surface area contributed by atoms with Crippen molar-refractivity contribution in [2.24, 2.45) is 5.73 Å². The average Bonchev–Trinajstić information content (AvgIpc) is 2.93. The third-order valence-corrected chi connectivity index (χ3v) is 4.31. The zero-order chi connectivity index (χ0) is 16.0. The number of nitrogens with two attached hydrogens (primary N) is 1. The standard InChI is InChI=1S/C19H15N3O/c1-11-5-7-12(8-6-11)17-13(9-20)19(21)23-16-4-2-3-15-18(16)14(17)10-22-15/h2-8,10,17,22H,21H2,1H3. The molecule has 0 amide bonds. The molecule has 1 atom stereocenters. The van der Waals surface area contributed by atoms with Gasteiger partial charge in [-0.1, -0.05) is 35.9 Å². The van der Waals surface area contributed by atoms with Gasteiger partial charge in [-0.3, -0.25) is 0 Å². The first-order valence-electron chi connectivity index (χ1n) is 7.43. The van der Waals surface area contributed by atoms with Crippen molar-refractivity contribution < 1.29 is 4.74 Å². The van der Waals surface area contributed by atoms with Crippen LogP contribution in [0, 0.1) is 18.3 Å². The van der Waals surface area contributed by atoms with Crippen molar-refractivity contribution in [3.63, 3.8) is 0 Å². The number of rotatable bonds is 1. The Hall–Kier alpha value is -3.19. The fourth-order valence-corrected chi connectivity index (χ4v) is 3.19. The van der Waals surface area contributed by atoms with E-state index in [1.807, 2.05) is 55.6 Å². The molecule has 1 aromatic heterocycles. The zero-order valence-corrected chi connectivity index (χ0v) is 12.6. The molecule has 0 fully saturated rings. The van der Waals surface area contributed by atoms with Gasteiger partial charge in [-0.2, -0.15) is 5.26 Å². The number of nitriles is 1. The summed E-state index contributed by atoms with van der Waals surface area (Å²) >= 11 is 0. The first kappa shape index (κ1) is 13.5. The molecule has 4 nitrogen and oxygen atoms in total. The third kappa shape index (κ3) is 1.98. The maximum Gasteiger partial charge on any atom is 0.205 e. The molecule has 0 saturated carbocycles. The van der Waals surface area contributed by atoms with Gasteiger partial charge in [-0.25, -0.2) is 0 Å². The van der Waals surface area contributed by atoms with Crippen LogP contribution in [0.15, 0.2) is 60.1 Å². The summed E-state index contributed by atoms with van der Waals surface area (Å²) < 4.78 is 5.78. The Balaban J connectivity index is 2.05. The maximum absolute atomic E-state index is 9.67. The molecule has 23 heavy (non-hydrogen) atoms. The van der Waals surface area contributed by atoms with E-state index in [2.05, 4.69) is 11.1 Å². The van der Waals surface area contributed by atoms with Gasteiger partial charge in [0.2, 0.25) is 5.88 Å². The predicted octanol–water partition coefficient (Wildman–Crippen LogP) is 3.69. The van der Waals surface area contributed by atoms with Crippen molar-refractivity contribution in [2.45, 2.75) is 12.8 Å². The second kappa shape index (κ2) is 4.92. The van der Waals surface area contributed by atoms with Gasteiger partial charge < -0.3 is 15.5 Å². The minimum absolute atomic E-state index is 0.168. The highest BCUT2D eigenvalue weighted by Gasteiger charge is 2.29. The monoisotopic (exact) mass is 301 g/mol. The predicted molar refractivity (Wildman–Crippen MR) is 88.8 cm³/mol. The number of hydrogen-bond acceptors (Lipinski definition) is 3. The Morgan fingerprint density at radius 3 is 2.70 bits per heavy atom. The van der Waals surface area contributed by atoms with E-state index >= 15 is 0 Å². The quantitative estimate of drug-likeness (QED) is 0.719. The fourth-order valence-electron chi connectivity index (χ4n) is 3.19. The molecule has 3 aromatic rings. The van der Waals surface area contributed by atoms with Gasteiger partial charge >= 0.3 is 0 Å². The second-order valence-electron chi connectivity index (χ2n) is 5.76. The lowest BCUT2D eigenvalue weighted by Gasteiger charge is -2.15.